The van der Waals surface area contributed by atoms with Crippen molar-refractivity contribution >= 4 is 11.6 Å². The number of fused-ring (bicyclic) bond motifs is 2. The van der Waals surface area contributed by atoms with Crippen LogP contribution in [0, 0.1) is 6.92 Å². The Kier molecular flexibility index (Phi) is 1.55. The second-order valence-corrected chi connectivity index (χ2v) is 4.52. The summed E-state index contributed by atoms with van der Waals surface area (Å²) in [4.78, 5) is 14.0. The molecule has 0 saturated carbocycles. The van der Waals surface area contributed by atoms with E-state index in [1.807, 2.05) is 19.2 Å². The Morgan fingerprint density at radius 2 is 2.13 bits per heavy atom. The van der Waals surface area contributed by atoms with Crippen LogP contribution in [0.2, 0.25) is 0 Å². The Labute approximate surface area is 89.1 Å². The molecule has 1 spiro atoms. The van der Waals surface area contributed by atoms with Crippen molar-refractivity contribution in [1.29, 1.82) is 0 Å². The van der Waals surface area contributed by atoms with Crippen LogP contribution in [-0.2, 0) is 10.2 Å². The Morgan fingerprint density at radius 1 is 1.40 bits per heavy atom. The van der Waals surface area contributed by atoms with Gasteiger partial charge in [-0.1, -0.05) is 12.1 Å². The monoisotopic (exact) mass is 202 g/mol. The molecule has 1 fully saturated rings. The Morgan fingerprint density at radius 3 is 2.73 bits per heavy atom. The van der Waals surface area contributed by atoms with Crippen LogP contribution in [0.15, 0.2) is 18.2 Å². The molecule has 1 aromatic carbocycles. The first-order chi connectivity index (χ1) is 7.17. The van der Waals surface area contributed by atoms with E-state index in [0.717, 1.165) is 18.8 Å². The lowest BCUT2D eigenvalue weighted by Crippen LogP contribution is -2.61. The summed E-state index contributed by atoms with van der Waals surface area (Å²) in [6, 6.07) is 6.14. The number of hydrogen-bond donors (Lipinski definition) is 1. The first kappa shape index (κ1) is 8.92. The number of rotatable bonds is 0. The van der Waals surface area contributed by atoms with Crippen molar-refractivity contribution in [2.75, 3.05) is 25.0 Å². The van der Waals surface area contributed by atoms with E-state index in [0.29, 0.717) is 0 Å². The van der Waals surface area contributed by atoms with Crippen molar-refractivity contribution in [2.45, 2.75) is 12.3 Å². The molecule has 0 radical (unpaired) electrons. The number of carbonyl (C=O) groups excluding carboxylic acids is 1. The van der Waals surface area contributed by atoms with Crippen LogP contribution in [0.4, 0.5) is 5.69 Å². The van der Waals surface area contributed by atoms with Gasteiger partial charge >= 0.3 is 0 Å². The Bertz CT molecular complexity index is 449. The summed E-state index contributed by atoms with van der Waals surface area (Å²) in [6.07, 6.45) is 0. The van der Waals surface area contributed by atoms with Crippen LogP contribution in [0.25, 0.3) is 0 Å². The van der Waals surface area contributed by atoms with Crippen LogP contribution >= 0.6 is 0 Å². The molecular formula is C12H14N2O. The highest BCUT2D eigenvalue weighted by atomic mass is 16.2. The molecule has 3 rings (SSSR count). The topological polar surface area (TPSA) is 32.3 Å². The molecule has 0 bridgehead atoms. The highest BCUT2D eigenvalue weighted by molar-refractivity contribution is 6.09. The van der Waals surface area contributed by atoms with E-state index < -0.39 is 0 Å². The molecule has 3 heteroatoms. The van der Waals surface area contributed by atoms with Gasteiger partial charge in [0, 0.05) is 25.8 Å². The van der Waals surface area contributed by atoms with Gasteiger partial charge in [-0.05, 0) is 24.1 Å². The third-order valence-corrected chi connectivity index (χ3v) is 3.66. The molecule has 2 aliphatic heterocycles. The molecular weight excluding hydrogens is 188 g/mol. The van der Waals surface area contributed by atoms with Gasteiger partial charge in [0.25, 0.3) is 0 Å². The number of amides is 1. The smallest absolute Gasteiger partial charge is 0.240 e. The second kappa shape index (κ2) is 2.61. The predicted octanol–water partition coefficient (Wildman–Crippen LogP) is 0.812. The largest absolute Gasteiger partial charge is 0.314 e. The summed E-state index contributed by atoms with van der Waals surface area (Å²) in [5.74, 6) is 0.241. The standard InChI is InChI=1S/C12H14N2O/c1-8-4-3-5-9-10(8)12(6-13-7-12)11(15)14(9)2/h3-5,13H,6-7H2,1-2H3. The summed E-state index contributed by atoms with van der Waals surface area (Å²) in [7, 11) is 1.87. The average molecular weight is 202 g/mol. The minimum Gasteiger partial charge on any atom is -0.314 e. The van der Waals surface area contributed by atoms with E-state index >= 15 is 0 Å². The van der Waals surface area contributed by atoms with Crippen LogP contribution in [-0.4, -0.2) is 26.0 Å². The molecule has 0 atom stereocenters. The number of hydrogen-bond acceptors (Lipinski definition) is 2. The van der Waals surface area contributed by atoms with E-state index in [4.69, 9.17) is 0 Å². The molecule has 2 aliphatic rings. The maximum Gasteiger partial charge on any atom is 0.240 e. The van der Waals surface area contributed by atoms with Crippen LogP contribution in [0.5, 0.6) is 0 Å². The number of nitrogens with one attached hydrogen (secondary N) is 1. The van der Waals surface area contributed by atoms with Crippen molar-refractivity contribution in [3.63, 3.8) is 0 Å². The highest BCUT2D eigenvalue weighted by Crippen LogP contribution is 2.45. The van der Waals surface area contributed by atoms with E-state index in [9.17, 15) is 4.79 Å². The number of nitrogens with zero attached hydrogens (tertiary/aromatic N) is 1. The van der Waals surface area contributed by atoms with E-state index in [-0.39, 0.29) is 11.3 Å². The molecule has 78 valence electrons. The average Bonchev–Trinajstić information content (AvgIpc) is 2.39. The predicted molar refractivity (Wildman–Crippen MR) is 59.1 cm³/mol. The van der Waals surface area contributed by atoms with Crippen molar-refractivity contribution in [3.05, 3.63) is 29.3 Å². The Balaban J connectivity index is 2.28. The number of aryl methyl sites for hydroxylation is 1. The zero-order chi connectivity index (χ0) is 10.6. The van der Waals surface area contributed by atoms with Crippen molar-refractivity contribution in [3.8, 4) is 0 Å². The van der Waals surface area contributed by atoms with Gasteiger partial charge in [-0.3, -0.25) is 4.79 Å². The van der Waals surface area contributed by atoms with Gasteiger partial charge in [-0.25, -0.2) is 0 Å². The number of anilines is 1. The zero-order valence-corrected chi connectivity index (χ0v) is 9.00. The van der Waals surface area contributed by atoms with E-state index in [1.54, 1.807) is 4.90 Å². The van der Waals surface area contributed by atoms with Crippen LogP contribution in [0.1, 0.15) is 11.1 Å². The lowest BCUT2D eigenvalue weighted by atomic mass is 9.74. The fourth-order valence-corrected chi connectivity index (χ4v) is 2.79. The summed E-state index contributed by atoms with van der Waals surface area (Å²) < 4.78 is 0. The van der Waals surface area contributed by atoms with Gasteiger partial charge in [0.05, 0.1) is 0 Å². The van der Waals surface area contributed by atoms with Gasteiger partial charge < -0.3 is 10.2 Å². The second-order valence-electron chi connectivity index (χ2n) is 4.52. The third-order valence-electron chi connectivity index (χ3n) is 3.66. The lowest BCUT2D eigenvalue weighted by Gasteiger charge is -2.38. The summed E-state index contributed by atoms with van der Waals surface area (Å²) in [6.45, 7) is 3.66. The molecule has 0 unspecified atom stereocenters. The number of benzene rings is 1. The normalized spacial score (nSPS) is 21.7. The van der Waals surface area contributed by atoms with Crippen LogP contribution < -0.4 is 10.2 Å². The quantitative estimate of drug-likeness (QED) is 0.675. The minimum atomic E-state index is -0.255. The lowest BCUT2D eigenvalue weighted by molar-refractivity contribution is -0.124. The molecule has 0 aliphatic carbocycles. The van der Waals surface area contributed by atoms with Gasteiger partial charge in [-0.2, -0.15) is 0 Å². The third kappa shape index (κ3) is 0.868. The first-order valence-corrected chi connectivity index (χ1v) is 5.26. The van der Waals surface area contributed by atoms with Crippen LogP contribution in [0.3, 0.4) is 0 Å². The fourth-order valence-electron chi connectivity index (χ4n) is 2.79. The summed E-state index contributed by atoms with van der Waals surface area (Å²) in [5.41, 5.74) is 3.29. The SMILES string of the molecule is Cc1cccc2c1C1(CNC1)C(=O)N2C. The molecule has 1 N–H and O–H groups in total. The summed E-state index contributed by atoms with van der Waals surface area (Å²) in [5, 5.41) is 3.22. The molecule has 1 aromatic rings. The Hall–Kier alpha value is -1.35. The number of likely N-dealkylation sites (N-methyl/N-ethyl adjacent to an activating group) is 1. The molecule has 1 saturated heterocycles. The summed E-state index contributed by atoms with van der Waals surface area (Å²) >= 11 is 0. The maximum absolute atomic E-state index is 12.2. The van der Waals surface area contributed by atoms with Crippen molar-refractivity contribution in [1.82, 2.24) is 5.32 Å². The molecule has 1 amide bonds. The van der Waals surface area contributed by atoms with Crippen molar-refractivity contribution in [2.24, 2.45) is 0 Å². The van der Waals surface area contributed by atoms with Gasteiger partial charge in [0.2, 0.25) is 5.91 Å². The molecule has 2 heterocycles. The maximum atomic E-state index is 12.2. The van der Waals surface area contributed by atoms with Gasteiger partial charge in [0.1, 0.15) is 5.41 Å². The van der Waals surface area contributed by atoms with Gasteiger partial charge in [-0.15, -0.1) is 0 Å². The molecule has 15 heavy (non-hydrogen) atoms. The fraction of sp³-hybridized carbons (Fsp3) is 0.417. The molecule has 0 aromatic heterocycles. The van der Waals surface area contributed by atoms with Gasteiger partial charge in [0.15, 0.2) is 0 Å². The first-order valence-electron chi connectivity index (χ1n) is 5.26. The minimum absolute atomic E-state index is 0.241. The van der Waals surface area contributed by atoms with Crippen molar-refractivity contribution < 1.29 is 4.79 Å². The van der Waals surface area contributed by atoms with E-state index in [2.05, 4.69) is 18.3 Å². The molecule has 3 nitrogen and oxygen atoms in total. The number of carbonyl (C=O) groups is 1. The zero-order valence-electron chi connectivity index (χ0n) is 9.00. The highest BCUT2D eigenvalue weighted by Gasteiger charge is 2.54. The van der Waals surface area contributed by atoms with E-state index in [1.165, 1.54) is 11.1 Å².